The van der Waals surface area contributed by atoms with E-state index in [1.54, 1.807) is 6.33 Å². The Morgan fingerprint density at radius 2 is 2.06 bits per heavy atom. The van der Waals surface area contributed by atoms with E-state index >= 15 is 0 Å². The second-order valence-electron chi connectivity index (χ2n) is 4.75. The van der Waals surface area contributed by atoms with Crippen LogP contribution in [0.5, 0.6) is 0 Å². The van der Waals surface area contributed by atoms with Crippen molar-refractivity contribution in [3.05, 3.63) is 18.6 Å². The molecule has 0 amide bonds. The van der Waals surface area contributed by atoms with Crippen molar-refractivity contribution >= 4 is 16.9 Å². The summed E-state index contributed by atoms with van der Waals surface area (Å²) in [5.41, 5.74) is 6.81. The van der Waals surface area contributed by atoms with E-state index in [2.05, 4.69) is 32.7 Å². The standard InChI is InChI=1S/C12H17N5/c1-16-5-2-9(3-6-16)17-7-4-10-11(13)14-8-15-12(10)17/h4,7-9H,2-3,5-6H2,1H3,(H2,13,14,15). The van der Waals surface area contributed by atoms with Crippen LogP contribution in [-0.2, 0) is 0 Å². The lowest BCUT2D eigenvalue weighted by Gasteiger charge is -2.30. The number of piperidine rings is 1. The topological polar surface area (TPSA) is 60.0 Å². The summed E-state index contributed by atoms with van der Waals surface area (Å²) < 4.78 is 2.25. The van der Waals surface area contributed by atoms with E-state index in [1.807, 2.05) is 6.07 Å². The molecule has 2 aromatic heterocycles. The quantitative estimate of drug-likeness (QED) is 0.803. The molecule has 0 unspecified atom stereocenters. The van der Waals surface area contributed by atoms with Crippen molar-refractivity contribution < 1.29 is 0 Å². The molecule has 5 nitrogen and oxygen atoms in total. The smallest absolute Gasteiger partial charge is 0.145 e. The van der Waals surface area contributed by atoms with Gasteiger partial charge in [0.15, 0.2) is 0 Å². The van der Waals surface area contributed by atoms with Gasteiger partial charge in [0.2, 0.25) is 0 Å². The van der Waals surface area contributed by atoms with Gasteiger partial charge in [-0.25, -0.2) is 9.97 Å². The number of rotatable bonds is 1. The second-order valence-corrected chi connectivity index (χ2v) is 4.75. The molecule has 0 bridgehead atoms. The van der Waals surface area contributed by atoms with Crippen molar-refractivity contribution in [1.29, 1.82) is 0 Å². The van der Waals surface area contributed by atoms with Gasteiger partial charge in [0.25, 0.3) is 0 Å². The Kier molecular flexibility index (Phi) is 2.48. The molecule has 0 radical (unpaired) electrons. The first-order valence-corrected chi connectivity index (χ1v) is 6.01. The van der Waals surface area contributed by atoms with Crippen molar-refractivity contribution in [3.63, 3.8) is 0 Å². The molecule has 1 saturated heterocycles. The molecule has 0 spiro atoms. The first kappa shape index (κ1) is 10.5. The number of likely N-dealkylation sites (tertiary alicyclic amines) is 1. The third kappa shape index (κ3) is 1.76. The fourth-order valence-corrected chi connectivity index (χ4v) is 2.56. The molecule has 2 N–H and O–H groups in total. The van der Waals surface area contributed by atoms with E-state index in [0.29, 0.717) is 11.9 Å². The Labute approximate surface area is 100 Å². The number of hydrogen-bond donors (Lipinski definition) is 1. The number of hydrogen-bond acceptors (Lipinski definition) is 4. The first-order chi connectivity index (χ1) is 8.25. The van der Waals surface area contributed by atoms with Gasteiger partial charge in [-0.2, -0.15) is 0 Å². The van der Waals surface area contributed by atoms with Crippen LogP contribution in [0, 0.1) is 0 Å². The maximum Gasteiger partial charge on any atom is 0.145 e. The van der Waals surface area contributed by atoms with Crippen LogP contribution in [0.1, 0.15) is 18.9 Å². The molecule has 0 atom stereocenters. The predicted molar refractivity (Wildman–Crippen MR) is 67.7 cm³/mol. The van der Waals surface area contributed by atoms with Crippen LogP contribution < -0.4 is 5.73 Å². The van der Waals surface area contributed by atoms with E-state index in [4.69, 9.17) is 5.73 Å². The molecule has 0 aliphatic carbocycles. The van der Waals surface area contributed by atoms with Gasteiger partial charge in [-0.15, -0.1) is 0 Å². The molecule has 1 aliphatic heterocycles. The summed E-state index contributed by atoms with van der Waals surface area (Å²) in [7, 11) is 2.17. The molecule has 3 rings (SSSR count). The highest BCUT2D eigenvalue weighted by molar-refractivity contribution is 5.86. The van der Waals surface area contributed by atoms with Gasteiger partial charge in [0.1, 0.15) is 17.8 Å². The molecule has 0 aromatic carbocycles. The van der Waals surface area contributed by atoms with Gasteiger partial charge < -0.3 is 15.2 Å². The molecular formula is C12H17N5. The maximum absolute atomic E-state index is 5.85. The van der Waals surface area contributed by atoms with Gasteiger partial charge in [-0.3, -0.25) is 0 Å². The van der Waals surface area contributed by atoms with Crippen LogP contribution in [0.15, 0.2) is 18.6 Å². The number of nitrogens with zero attached hydrogens (tertiary/aromatic N) is 4. The van der Waals surface area contributed by atoms with E-state index in [-0.39, 0.29) is 0 Å². The van der Waals surface area contributed by atoms with Gasteiger partial charge in [0, 0.05) is 12.2 Å². The highest BCUT2D eigenvalue weighted by Gasteiger charge is 2.20. The Morgan fingerprint density at radius 1 is 1.29 bits per heavy atom. The number of anilines is 1. The van der Waals surface area contributed by atoms with E-state index < -0.39 is 0 Å². The van der Waals surface area contributed by atoms with Crippen molar-refractivity contribution in [1.82, 2.24) is 19.4 Å². The van der Waals surface area contributed by atoms with Crippen LogP contribution in [0.25, 0.3) is 11.0 Å². The molecule has 2 aromatic rings. The molecule has 17 heavy (non-hydrogen) atoms. The largest absolute Gasteiger partial charge is 0.383 e. The van der Waals surface area contributed by atoms with Crippen LogP contribution in [0.3, 0.4) is 0 Å². The normalized spacial score (nSPS) is 18.9. The van der Waals surface area contributed by atoms with Crippen LogP contribution >= 0.6 is 0 Å². The summed E-state index contributed by atoms with van der Waals surface area (Å²) in [5.74, 6) is 0.571. The first-order valence-electron chi connectivity index (χ1n) is 6.01. The van der Waals surface area contributed by atoms with Gasteiger partial charge in [0.05, 0.1) is 5.39 Å². The van der Waals surface area contributed by atoms with Crippen LogP contribution in [0.4, 0.5) is 5.82 Å². The third-order valence-electron chi connectivity index (χ3n) is 3.62. The average molecular weight is 231 g/mol. The lowest BCUT2D eigenvalue weighted by Crippen LogP contribution is -2.31. The molecule has 1 aliphatic rings. The zero-order valence-electron chi connectivity index (χ0n) is 10.0. The van der Waals surface area contributed by atoms with E-state index in [1.165, 1.54) is 12.8 Å². The highest BCUT2D eigenvalue weighted by Crippen LogP contribution is 2.27. The summed E-state index contributed by atoms with van der Waals surface area (Å²) in [6.45, 7) is 2.29. The van der Waals surface area contributed by atoms with Gasteiger partial charge in [-0.05, 0) is 39.0 Å². The monoisotopic (exact) mass is 231 g/mol. The minimum absolute atomic E-state index is 0.540. The molecule has 0 saturated carbocycles. The maximum atomic E-state index is 5.85. The van der Waals surface area contributed by atoms with Crippen LogP contribution in [0.2, 0.25) is 0 Å². The molecule has 5 heteroatoms. The number of nitrogen functional groups attached to an aromatic ring is 1. The fraction of sp³-hybridized carbons (Fsp3) is 0.500. The highest BCUT2D eigenvalue weighted by atomic mass is 15.1. The lowest BCUT2D eigenvalue weighted by molar-refractivity contribution is 0.223. The van der Waals surface area contributed by atoms with Crippen molar-refractivity contribution in [2.24, 2.45) is 0 Å². The Morgan fingerprint density at radius 3 is 2.82 bits per heavy atom. The van der Waals surface area contributed by atoms with Gasteiger partial charge >= 0.3 is 0 Å². The Bertz CT molecular complexity index is 525. The fourth-order valence-electron chi connectivity index (χ4n) is 2.56. The molecule has 90 valence electrons. The minimum Gasteiger partial charge on any atom is -0.383 e. The zero-order valence-corrected chi connectivity index (χ0v) is 10.0. The lowest BCUT2D eigenvalue weighted by atomic mass is 10.1. The molecular weight excluding hydrogens is 214 g/mol. The summed E-state index contributed by atoms with van der Waals surface area (Å²) in [6.07, 6.45) is 5.98. The minimum atomic E-state index is 0.540. The third-order valence-corrected chi connectivity index (χ3v) is 3.62. The number of fused-ring (bicyclic) bond motifs is 1. The van der Waals surface area contributed by atoms with E-state index in [9.17, 15) is 0 Å². The van der Waals surface area contributed by atoms with Crippen molar-refractivity contribution in [2.75, 3.05) is 25.9 Å². The molecule has 3 heterocycles. The number of aromatic nitrogens is 3. The SMILES string of the molecule is CN1CCC(n2ccc3c(N)ncnc32)CC1. The van der Waals surface area contributed by atoms with Crippen LogP contribution in [-0.4, -0.2) is 39.6 Å². The van der Waals surface area contributed by atoms with Crippen molar-refractivity contribution in [2.45, 2.75) is 18.9 Å². The van der Waals surface area contributed by atoms with E-state index in [0.717, 1.165) is 24.1 Å². The number of nitrogens with two attached hydrogens (primary N) is 1. The zero-order chi connectivity index (χ0) is 11.8. The summed E-state index contributed by atoms with van der Waals surface area (Å²) in [5, 5.41) is 0.964. The summed E-state index contributed by atoms with van der Waals surface area (Å²) >= 11 is 0. The Balaban J connectivity index is 1.98. The predicted octanol–water partition coefficient (Wildman–Crippen LogP) is 1.28. The average Bonchev–Trinajstić information content (AvgIpc) is 2.75. The summed E-state index contributed by atoms with van der Waals surface area (Å²) in [6, 6.07) is 2.56. The van der Waals surface area contributed by atoms with Crippen molar-refractivity contribution in [3.8, 4) is 0 Å². The van der Waals surface area contributed by atoms with Gasteiger partial charge in [-0.1, -0.05) is 0 Å². The molecule has 1 fully saturated rings. The summed E-state index contributed by atoms with van der Waals surface area (Å²) in [4.78, 5) is 10.7. The second kappa shape index (κ2) is 4.00. The Hall–Kier alpha value is -1.62.